The second kappa shape index (κ2) is 8.99. The van der Waals surface area contributed by atoms with Gasteiger partial charge in [-0.15, -0.1) is 0 Å². The lowest BCUT2D eigenvalue weighted by Gasteiger charge is -2.37. The summed E-state index contributed by atoms with van der Waals surface area (Å²) in [4.78, 5) is 28.8. The van der Waals surface area contributed by atoms with Crippen LogP contribution in [0.5, 0.6) is 0 Å². The minimum atomic E-state index is -0.563. The first kappa shape index (κ1) is 20.0. The largest absolute Gasteiger partial charge is 0.381 e. The lowest BCUT2D eigenvalue weighted by molar-refractivity contribution is -0.140. The smallest absolute Gasteiger partial charge is 0.237 e. The first-order valence-corrected chi connectivity index (χ1v) is 9.62. The Kier molecular flexibility index (Phi) is 6.68. The van der Waals surface area contributed by atoms with E-state index in [0.29, 0.717) is 32.8 Å². The molecule has 148 valence electrons. The summed E-state index contributed by atoms with van der Waals surface area (Å²) in [5.74, 6) is -0.705. The molecule has 2 heterocycles. The van der Waals surface area contributed by atoms with E-state index in [9.17, 15) is 14.0 Å². The van der Waals surface area contributed by atoms with Crippen LogP contribution in [0.25, 0.3) is 0 Å². The van der Waals surface area contributed by atoms with E-state index in [-0.39, 0.29) is 29.3 Å². The van der Waals surface area contributed by atoms with Crippen LogP contribution in [0.3, 0.4) is 0 Å². The first-order valence-electron chi connectivity index (χ1n) is 9.25. The first-order chi connectivity index (χ1) is 13.0. The van der Waals surface area contributed by atoms with Gasteiger partial charge in [-0.3, -0.25) is 14.5 Å². The van der Waals surface area contributed by atoms with Crippen molar-refractivity contribution in [2.24, 2.45) is 0 Å². The fraction of sp³-hybridized carbons (Fsp3) is 0.579. The molecule has 0 saturated carbocycles. The number of hydrogen-bond acceptors (Lipinski definition) is 4. The van der Waals surface area contributed by atoms with Gasteiger partial charge in [-0.25, -0.2) is 4.39 Å². The minimum absolute atomic E-state index is 0.0590. The van der Waals surface area contributed by atoms with E-state index in [1.807, 2.05) is 4.90 Å². The summed E-state index contributed by atoms with van der Waals surface area (Å²) < 4.78 is 19.1. The monoisotopic (exact) mass is 397 g/mol. The molecule has 2 aliphatic rings. The highest BCUT2D eigenvalue weighted by molar-refractivity contribution is 6.30. The Hall–Kier alpha value is -1.70. The van der Waals surface area contributed by atoms with Crippen LogP contribution >= 0.6 is 11.6 Å². The van der Waals surface area contributed by atoms with E-state index in [1.165, 1.54) is 12.1 Å². The van der Waals surface area contributed by atoms with E-state index in [2.05, 4.69) is 5.32 Å². The van der Waals surface area contributed by atoms with Crippen molar-refractivity contribution in [3.63, 3.8) is 0 Å². The summed E-state index contributed by atoms with van der Waals surface area (Å²) in [5.41, 5.74) is 0.724. The van der Waals surface area contributed by atoms with E-state index in [0.717, 1.165) is 18.4 Å². The summed E-state index contributed by atoms with van der Waals surface area (Å²) in [5, 5.41) is 2.90. The normalized spacial score (nSPS) is 21.7. The van der Waals surface area contributed by atoms with Gasteiger partial charge in [-0.05, 0) is 30.5 Å². The molecule has 2 fully saturated rings. The van der Waals surface area contributed by atoms with E-state index < -0.39 is 11.9 Å². The van der Waals surface area contributed by atoms with Gasteiger partial charge in [-0.2, -0.15) is 0 Å². The molecule has 27 heavy (non-hydrogen) atoms. The summed E-state index contributed by atoms with van der Waals surface area (Å²) in [6, 6.07) is 4.21. The number of ether oxygens (including phenoxy) is 1. The highest BCUT2D eigenvalue weighted by Gasteiger charge is 2.34. The molecular formula is C19H25ClFN3O3. The molecule has 1 aromatic rings. The molecule has 1 aromatic carbocycles. The summed E-state index contributed by atoms with van der Waals surface area (Å²) >= 11 is 5.74. The van der Waals surface area contributed by atoms with Crippen molar-refractivity contribution in [1.29, 1.82) is 0 Å². The molecule has 6 nitrogen and oxygen atoms in total. The number of carbonyl (C=O) groups is 2. The highest BCUT2D eigenvalue weighted by Crippen LogP contribution is 2.20. The zero-order chi connectivity index (χ0) is 19.4. The van der Waals surface area contributed by atoms with Gasteiger partial charge in [0.2, 0.25) is 11.8 Å². The Morgan fingerprint density at radius 1 is 1.41 bits per heavy atom. The number of nitrogens with one attached hydrogen (secondary N) is 1. The Morgan fingerprint density at radius 2 is 2.15 bits per heavy atom. The van der Waals surface area contributed by atoms with Crippen LogP contribution in [0, 0.1) is 5.82 Å². The summed E-state index contributed by atoms with van der Waals surface area (Å²) in [6.07, 6.45) is 1.73. The molecule has 0 spiro atoms. The quantitative estimate of drug-likeness (QED) is 0.823. The van der Waals surface area contributed by atoms with Crippen LogP contribution in [-0.2, 0) is 20.9 Å². The maximum atomic E-state index is 13.7. The number of halogens is 2. The van der Waals surface area contributed by atoms with Gasteiger partial charge in [0.05, 0.1) is 17.5 Å². The number of amides is 2. The van der Waals surface area contributed by atoms with Crippen molar-refractivity contribution in [2.45, 2.75) is 37.9 Å². The van der Waals surface area contributed by atoms with Crippen LogP contribution in [-0.4, -0.2) is 67.0 Å². The Bertz CT molecular complexity index is 697. The number of rotatable bonds is 5. The maximum absolute atomic E-state index is 13.7. The van der Waals surface area contributed by atoms with Crippen molar-refractivity contribution >= 4 is 23.4 Å². The molecular weight excluding hydrogens is 373 g/mol. The minimum Gasteiger partial charge on any atom is -0.381 e. The van der Waals surface area contributed by atoms with Crippen LogP contribution in [0.15, 0.2) is 18.2 Å². The van der Waals surface area contributed by atoms with Crippen molar-refractivity contribution in [1.82, 2.24) is 15.1 Å². The maximum Gasteiger partial charge on any atom is 0.237 e. The fourth-order valence-corrected chi connectivity index (χ4v) is 3.75. The fourth-order valence-electron chi connectivity index (χ4n) is 3.63. The van der Waals surface area contributed by atoms with Crippen LogP contribution in [0.1, 0.15) is 24.8 Å². The molecule has 2 amide bonds. The van der Waals surface area contributed by atoms with Gasteiger partial charge in [0.15, 0.2) is 0 Å². The zero-order valence-corrected chi connectivity index (χ0v) is 16.2. The Labute approximate surface area is 163 Å². The molecule has 0 bridgehead atoms. The topological polar surface area (TPSA) is 61.9 Å². The van der Waals surface area contributed by atoms with E-state index >= 15 is 0 Å². The molecule has 2 saturated heterocycles. The van der Waals surface area contributed by atoms with Gasteiger partial charge < -0.3 is 15.0 Å². The van der Waals surface area contributed by atoms with Gasteiger partial charge in [0.1, 0.15) is 5.82 Å². The van der Waals surface area contributed by atoms with Gasteiger partial charge in [0, 0.05) is 45.9 Å². The molecule has 3 rings (SSSR count). The van der Waals surface area contributed by atoms with Crippen LogP contribution in [0.4, 0.5) is 4.39 Å². The van der Waals surface area contributed by atoms with Gasteiger partial charge in [0.25, 0.3) is 0 Å². The molecule has 8 heteroatoms. The third-order valence-corrected chi connectivity index (χ3v) is 5.62. The lowest BCUT2D eigenvalue weighted by atomic mass is 10.0. The molecule has 0 radical (unpaired) electrons. The third kappa shape index (κ3) is 4.97. The second-order valence-electron chi connectivity index (χ2n) is 7.08. The highest BCUT2D eigenvalue weighted by atomic mass is 35.5. The lowest BCUT2D eigenvalue weighted by Crippen LogP contribution is -2.56. The molecule has 1 unspecified atom stereocenters. The number of carbonyl (C=O) groups excluding carboxylic acids is 2. The van der Waals surface area contributed by atoms with Gasteiger partial charge in [-0.1, -0.05) is 17.7 Å². The molecule has 0 aliphatic carbocycles. The van der Waals surface area contributed by atoms with E-state index in [4.69, 9.17) is 16.3 Å². The second-order valence-corrected chi connectivity index (χ2v) is 7.49. The van der Waals surface area contributed by atoms with E-state index in [1.54, 1.807) is 18.0 Å². The van der Waals surface area contributed by atoms with Crippen molar-refractivity contribution in [3.8, 4) is 0 Å². The number of piperazine rings is 1. The van der Waals surface area contributed by atoms with Crippen molar-refractivity contribution < 1.29 is 18.7 Å². The predicted octanol–water partition coefficient (Wildman–Crippen LogP) is 1.81. The SMILES string of the molecule is CN(C(=O)CC1C(=O)NCCN1Cc1ccc(Cl)c(F)c1)C1CCOCC1. The molecule has 1 atom stereocenters. The Balaban J connectivity index is 1.67. The molecule has 1 N–H and O–H groups in total. The summed E-state index contributed by atoms with van der Waals surface area (Å²) in [6.45, 7) is 2.81. The number of hydrogen-bond donors (Lipinski definition) is 1. The number of benzene rings is 1. The zero-order valence-electron chi connectivity index (χ0n) is 15.4. The van der Waals surface area contributed by atoms with Crippen molar-refractivity contribution in [3.05, 3.63) is 34.6 Å². The average molecular weight is 398 g/mol. The average Bonchev–Trinajstić information content (AvgIpc) is 2.67. The van der Waals surface area contributed by atoms with Crippen LogP contribution < -0.4 is 5.32 Å². The standard InChI is InChI=1S/C19H25ClFN3O3/c1-23(14-4-8-27-9-5-14)18(25)11-17-19(26)22-6-7-24(17)12-13-2-3-15(20)16(21)10-13/h2-3,10,14,17H,4-9,11-12H2,1H3,(H,22,26). The van der Waals surface area contributed by atoms with Crippen molar-refractivity contribution in [2.75, 3.05) is 33.4 Å². The Morgan fingerprint density at radius 3 is 2.85 bits per heavy atom. The van der Waals surface area contributed by atoms with Crippen LogP contribution in [0.2, 0.25) is 5.02 Å². The number of nitrogens with zero attached hydrogens (tertiary/aromatic N) is 2. The molecule has 0 aromatic heterocycles. The molecule has 2 aliphatic heterocycles. The summed E-state index contributed by atoms with van der Waals surface area (Å²) in [7, 11) is 1.79. The third-order valence-electron chi connectivity index (χ3n) is 5.31. The van der Waals surface area contributed by atoms with Gasteiger partial charge >= 0.3 is 0 Å². The predicted molar refractivity (Wildman–Crippen MR) is 99.8 cm³/mol.